The standard InChI is InChI=1S/C31H58O/c1-3-5-6-7-8-10-26-13-17-29(18-14-26)31(23-24-32)30-21-19-28(20-22-30)27-15-11-25(9-4-2)12-16-27/h25-32H,3-24H2,1-2H3. The van der Waals surface area contributed by atoms with Crippen LogP contribution in [-0.4, -0.2) is 11.7 Å². The number of aliphatic hydroxyl groups excluding tert-OH is 1. The summed E-state index contributed by atoms with van der Waals surface area (Å²) in [7, 11) is 0. The van der Waals surface area contributed by atoms with Crippen LogP contribution in [0.15, 0.2) is 0 Å². The lowest BCUT2D eigenvalue weighted by Gasteiger charge is -2.43. The largest absolute Gasteiger partial charge is 0.396 e. The molecular formula is C31H58O. The van der Waals surface area contributed by atoms with Crippen LogP contribution in [0.3, 0.4) is 0 Å². The van der Waals surface area contributed by atoms with Crippen LogP contribution in [0.2, 0.25) is 0 Å². The van der Waals surface area contributed by atoms with Gasteiger partial charge in [-0.15, -0.1) is 0 Å². The molecule has 1 unspecified atom stereocenters. The number of aliphatic hydroxyl groups is 1. The van der Waals surface area contributed by atoms with E-state index in [4.69, 9.17) is 0 Å². The normalized spacial score (nSPS) is 35.0. The Labute approximate surface area is 201 Å². The molecule has 0 saturated heterocycles. The molecule has 0 heterocycles. The molecule has 0 radical (unpaired) electrons. The molecule has 0 aromatic carbocycles. The van der Waals surface area contributed by atoms with Crippen molar-refractivity contribution in [3.05, 3.63) is 0 Å². The molecule has 3 aliphatic rings. The summed E-state index contributed by atoms with van der Waals surface area (Å²) in [6.07, 6.45) is 30.6. The second-order valence-electron chi connectivity index (χ2n) is 12.4. The van der Waals surface area contributed by atoms with Crippen LogP contribution in [0.5, 0.6) is 0 Å². The average molecular weight is 447 g/mol. The molecule has 0 spiro atoms. The summed E-state index contributed by atoms with van der Waals surface area (Å²) in [5, 5.41) is 9.86. The van der Waals surface area contributed by atoms with Crippen molar-refractivity contribution in [3.8, 4) is 0 Å². The average Bonchev–Trinajstić information content (AvgIpc) is 2.84. The maximum Gasteiger partial charge on any atom is 0.0433 e. The predicted octanol–water partition coefficient (Wildman–Crippen LogP) is 9.56. The molecule has 3 fully saturated rings. The third-order valence-electron chi connectivity index (χ3n) is 10.4. The lowest BCUT2D eigenvalue weighted by atomic mass is 9.63. The summed E-state index contributed by atoms with van der Waals surface area (Å²) < 4.78 is 0. The van der Waals surface area contributed by atoms with Crippen molar-refractivity contribution in [3.63, 3.8) is 0 Å². The van der Waals surface area contributed by atoms with E-state index in [1.165, 1.54) is 128 Å². The van der Waals surface area contributed by atoms with Gasteiger partial charge in [-0.1, -0.05) is 90.9 Å². The molecule has 0 aromatic heterocycles. The Morgan fingerprint density at radius 1 is 0.562 bits per heavy atom. The number of unbranched alkanes of at least 4 members (excludes halogenated alkanes) is 4. The lowest BCUT2D eigenvalue weighted by molar-refractivity contribution is 0.0689. The van der Waals surface area contributed by atoms with Gasteiger partial charge in [0.25, 0.3) is 0 Å². The van der Waals surface area contributed by atoms with E-state index in [1.807, 2.05) is 0 Å². The van der Waals surface area contributed by atoms with Gasteiger partial charge in [0.05, 0.1) is 0 Å². The lowest BCUT2D eigenvalue weighted by Crippen LogP contribution is -2.33. The second-order valence-corrected chi connectivity index (χ2v) is 12.4. The fraction of sp³-hybridized carbons (Fsp3) is 1.00. The summed E-state index contributed by atoms with van der Waals surface area (Å²) in [4.78, 5) is 0. The zero-order valence-electron chi connectivity index (χ0n) is 22.0. The van der Waals surface area contributed by atoms with Crippen molar-refractivity contribution in [2.45, 2.75) is 149 Å². The zero-order valence-corrected chi connectivity index (χ0v) is 22.0. The summed E-state index contributed by atoms with van der Waals surface area (Å²) in [5.41, 5.74) is 0. The van der Waals surface area contributed by atoms with E-state index in [2.05, 4.69) is 13.8 Å². The number of rotatable bonds is 13. The molecule has 1 heteroatoms. The third-order valence-corrected chi connectivity index (χ3v) is 10.4. The first kappa shape index (κ1) is 26.6. The van der Waals surface area contributed by atoms with Crippen LogP contribution in [-0.2, 0) is 0 Å². The highest BCUT2D eigenvalue weighted by Gasteiger charge is 2.36. The van der Waals surface area contributed by atoms with Crippen LogP contribution in [0.25, 0.3) is 0 Å². The first-order valence-corrected chi connectivity index (χ1v) is 15.4. The summed E-state index contributed by atoms with van der Waals surface area (Å²) in [5.74, 6) is 6.82. The van der Waals surface area contributed by atoms with Crippen LogP contribution >= 0.6 is 0 Å². The van der Waals surface area contributed by atoms with Gasteiger partial charge in [-0.2, -0.15) is 0 Å². The Hall–Kier alpha value is -0.0400. The first-order valence-electron chi connectivity index (χ1n) is 15.4. The molecule has 3 rings (SSSR count). The van der Waals surface area contributed by atoms with Gasteiger partial charge in [0.1, 0.15) is 0 Å². The SMILES string of the molecule is CCCCCCCC1CCC(C(CCO)C2CCC(C3CCC(CCC)CC3)CC2)CC1. The number of hydrogen-bond donors (Lipinski definition) is 1. The van der Waals surface area contributed by atoms with E-state index in [1.54, 1.807) is 0 Å². The second kappa shape index (κ2) is 15.1. The molecule has 1 N–H and O–H groups in total. The first-order chi connectivity index (χ1) is 15.7. The van der Waals surface area contributed by atoms with Crippen molar-refractivity contribution < 1.29 is 5.11 Å². The van der Waals surface area contributed by atoms with E-state index >= 15 is 0 Å². The van der Waals surface area contributed by atoms with Gasteiger partial charge in [0, 0.05) is 6.61 Å². The van der Waals surface area contributed by atoms with Gasteiger partial charge < -0.3 is 5.11 Å². The van der Waals surface area contributed by atoms with Crippen LogP contribution in [0.4, 0.5) is 0 Å². The molecule has 0 aliphatic heterocycles. The van der Waals surface area contributed by atoms with Crippen LogP contribution < -0.4 is 0 Å². The third kappa shape index (κ3) is 8.32. The van der Waals surface area contributed by atoms with Crippen molar-refractivity contribution in [2.24, 2.45) is 41.4 Å². The van der Waals surface area contributed by atoms with Crippen LogP contribution in [0.1, 0.15) is 149 Å². The smallest absolute Gasteiger partial charge is 0.0433 e. The highest BCUT2D eigenvalue weighted by molar-refractivity contribution is 4.87. The number of hydrogen-bond acceptors (Lipinski definition) is 1. The van der Waals surface area contributed by atoms with Crippen molar-refractivity contribution in [1.82, 2.24) is 0 Å². The maximum atomic E-state index is 9.86. The maximum absolute atomic E-state index is 9.86. The van der Waals surface area contributed by atoms with Crippen LogP contribution in [0, 0.1) is 41.4 Å². The molecule has 1 nitrogen and oxygen atoms in total. The minimum atomic E-state index is 0.420. The quantitative estimate of drug-likeness (QED) is 0.279. The highest BCUT2D eigenvalue weighted by Crippen LogP contribution is 2.47. The van der Waals surface area contributed by atoms with E-state index in [0.717, 1.165) is 47.8 Å². The van der Waals surface area contributed by atoms with Gasteiger partial charge in [0.2, 0.25) is 0 Å². The van der Waals surface area contributed by atoms with Gasteiger partial charge in [-0.25, -0.2) is 0 Å². The van der Waals surface area contributed by atoms with E-state index < -0.39 is 0 Å². The Morgan fingerprint density at radius 2 is 1.06 bits per heavy atom. The Kier molecular flexibility index (Phi) is 12.5. The Morgan fingerprint density at radius 3 is 1.62 bits per heavy atom. The highest BCUT2D eigenvalue weighted by atomic mass is 16.3. The van der Waals surface area contributed by atoms with Crippen molar-refractivity contribution in [1.29, 1.82) is 0 Å². The Balaban J connectivity index is 1.37. The summed E-state index contributed by atoms with van der Waals surface area (Å²) >= 11 is 0. The minimum Gasteiger partial charge on any atom is -0.396 e. The molecule has 0 bridgehead atoms. The van der Waals surface area contributed by atoms with Gasteiger partial charge >= 0.3 is 0 Å². The van der Waals surface area contributed by atoms with Gasteiger partial charge in [0.15, 0.2) is 0 Å². The van der Waals surface area contributed by atoms with E-state index in [9.17, 15) is 5.11 Å². The fourth-order valence-electron chi connectivity index (χ4n) is 8.35. The van der Waals surface area contributed by atoms with Crippen molar-refractivity contribution in [2.75, 3.05) is 6.61 Å². The molecule has 188 valence electrons. The molecule has 0 aromatic rings. The van der Waals surface area contributed by atoms with E-state index in [0.29, 0.717) is 6.61 Å². The molecule has 3 aliphatic carbocycles. The monoisotopic (exact) mass is 446 g/mol. The zero-order chi connectivity index (χ0) is 22.6. The predicted molar refractivity (Wildman–Crippen MR) is 140 cm³/mol. The van der Waals surface area contributed by atoms with Crippen molar-refractivity contribution >= 4 is 0 Å². The minimum absolute atomic E-state index is 0.420. The molecule has 0 amide bonds. The fourth-order valence-corrected chi connectivity index (χ4v) is 8.35. The van der Waals surface area contributed by atoms with E-state index in [-0.39, 0.29) is 0 Å². The topological polar surface area (TPSA) is 20.2 Å². The van der Waals surface area contributed by atoms with Gasteiger partial charge in [-0.05, 0) is 99.2 Å². The summed E-state index contributed by atoms with van der Waals surface area (Å²) in [6.45, 7) is 5.09. The molecule has 32 heavy (non-hydrogen) atoms. The molecular weight excluding hydrogens is 388 g/mol. The molecule has 1 atom stereocenters. The molecule has 3 saturated carbocycles. The Bertz CT molecular complexity index is 449. The summed E-state index contributed by atoms with van der Waals surface area (Å²) in [6, 6.07) is 0. The van der Waals surface area contributed by atoms with Gasteiger partial charge in [-0.3, -0.25) is 0 Å².